The molecule has 0 aromatic carbocycles. The molecule has 0 amide bonds. The van der Waals surface area contributed by atoms with Crippen LogP contribution in [0.1, 0.15) is 40.0 Å². The second kappa shape index (κ2) is 20.0. The normalized spacial score (nSPS) is 10.9. The van der Waals surface area contributed by atoms with Gasteiger partial charge >= 0.3 is 35.8 Å². The lowest BCUT2D eigenvalue weighted by Gasteiger charge is -2.35. The van der Waals surface area contributed by atoms with Crippen LogP contribution >= 0.6 is 0 Å². The minimum Gasteiger partial charge on any atom is -0.465 e. The van der Waals surface area contributed by atoms with E-state index in [1.54, 1.807) is 20.8 Å². The van der Waals surface area contributed by atoms with E-state index in [0.717, 1.165) is 18.2 Å². The summed E-state index contributed by atoms with van der Waals surface area (Å²) in [4.78, 5) is 71.4. The Morgan fingerprint density at radius 2 is 0.707 bits per heavy atom. The molecule has 0 aromatic heterocycles. The van der Waals surface area contributed by atoms with E-state index >= 15 is 0 Å². The predicted octanol–water partition coefficient (Wildman–Crippen LogP) is 2.02. The largest absolute Gasteiger partial charge is 0.465 e. The van der Waals surface area contributed by atoms with Crippen LogP contribution in [0.15, 0.2) is 38.0 Å². The van der Waals surface area contributed by atoms with Crippen LogP contribution < -0.4 is 0 Å². The van der Waals surface area contributed by atoms with Crippen molar-refractivity contribution in [2.75, 3.05) is 52.9 Å². The van der Waals surface area contributed by atoms with Gasteiger partial charge in [0.25, 0.3) is 0 Å². The number of ether oxygens (including phenoxy) is 7. The average molecular weight is 585 g/mol. The first-order chi connectivity index (χ1) is 19.4. The van der Waals surface area contributed by atoms with Gasteiger partial charge in [0, 0.05) is 37.5 Å². The van der Waals surface area contributed by atoms with Gasteiger partial charge in [-0.25, -0.2) is 14.4 Å². The highest BCUT2D eigenvalue weighted by molar-refractivity contribution is 5.82. The van der Waals surface area contributed by atoms with E-state index in [1.807, 2.05) is 0 Å². The first-order valence-corrected chi connectivity index (χ1v) is 12.9. The molecule has 0 atom stereocenters. The summed E-state index contributed by atoms with van der Waals surface area (Å²) in [6.07, 6.45) is 2.90. The summed E-state index contributed by atoms with van der Waals surface area (Å²) in [7, 11) is 0. The Bertz CT molecular complexity index is 827. The monoisotopic (exact) mass is 584 g/mol. The fourth-order valence-corrected chi connectivity index (χ4v) is 2.84. The lowest BCUT2D eigenvalue weighted by molar-refractivity contribution is -0.172. The Labute approximate surface area is 239 Å². The second-order valence-electron chi connectivity index (χ2n) is 8.97. The van der Waals surface area contributed by atoms with Gasteiger partial charge in [0.2, 0.25) is 0 Å². The van der Waals surface area contributed by atoms with Gasteiger partial charge in [-0.2, -0.15) is 0 Å². The van der Waals surface area contributed by atoms with Gasteiger partial charge in [0.1, 0.15) is 39.6 Å². The molecule has 0 aliphatic rings. The molecule has 230 valence electrons. The van der Waals surface area contributed by atoms with Crippen molar-refractivity contribution in [3.05, 3.63) is 38.0 Å². The van der Waals surface area contributed by atoms with E-state index in [9.17, 15) is 28.8 Å². The lowest BCUT2D eigenvalue weighted by Crippen LogP contribution is -2.47. The van der Waals surface area contributed by atoms with Crippen LogP contribution in [0.25, 0.3) is 0 Å². The Hall–Kier alpha value is -4.00. The summed E-state index contributed by atoms with van der Waals surface area (Å²) in [6, 6.07) is 0. The molecule has 0 rings (SSSR count). The molecule has 0 unspecified atom stereocenters. The molecule has 0 aliphatic carbocycles. The number of hydrogen-bond donors (Lipinski definition) is 0. The minimum absolute atomic E-state index is 0.0571. The Balaban J connectivity index is 6.26. The van der Waals surface area contributed by atoms with E-state index in [0.29, 0.717) is 0 Å². The fraction of sp³-hybridized carbons (Fsp3) is 0.571. The van der Waals surface area contributed by atoms with Crippen LogP contribution in [-0.4, -0.2) is 88.7 Å². The highest BCUT2D eigenvalue weighted by Crippen LogP contribution is 2.26. The maximum absolute atomic E-state index is 12.0. The number of rotatable bonds is 22. The maximum atomic E-state index is 12.0. The lowest BCUT2D eigenvalue weighted by atomic mass is 9.90. The van der Waals surface area contributed by atoms with Gasteiger partial charge in [0.05, 0.1) is 24.0 Å². The summed E-state index contributed by atoms with van der Waals surface area (Å²) >= 11 is 0. The molecule has 0 saturated heterocycles. The molecule has 0 fully saturated rings. The van der Waals surface area contributed by atoms with Gasteiger partial charge < -0.3 is 33.2 Å². The summed E-state index contributed by atoms with van der Waals surface area (Å²) in [5.74, 6) is -4.10. The van der Waals surface area contributed by atoms with Crippen molar-refractivity contribution in [2.45, 2.75) is 40.0 Å². The van der Waals surface area contributed by atoms with Gasteiger partial charge in [-0.05, 0) is 0 Å². The highest BCUT2D eigenvalue weighted by atomic mass is 16.6. The zero-order valence-electron chi connectivity index (χ0n) is 23.9. The third-order valence-electron chi connectivity index (χ3n) is 5.36. The molecule has 0 saturated carbocycles. The third kappa shape index (κ3) is 15.4. The van der Waals surface area contributed by atoms with Gasteiger partial charge in [-0.3, -0.25) is 14.4 Å². The molecular formula is C28H40O13. The zero-order chi connectivity index (χ0) is 31.3. The first-order valence-electron chi connectivity index (χ1n) is 12.9. The summed E-state index contributed by atoms with van der Waals surface area (Å²) in [5, 5.41) is 0. The molecular weight excluding hydrogens is 544 g/mol. The average Bonchev–Trinajstić information content (AvgIpc) is 3.00. The summed E-state index contributed by atoms with van der Waals surface area (Å²) in [5.41, 5.74) is -2.79. The topological polar surface area (TPSA) is 167 Å². The van der Waals surface area contributed by atoms with E-state index in [1.165, 1.54) is 0 Å². The smallest absolute Gasteiger partial charge is 0.330 e. The van der Waals surface area contributed by atoms with E-state index < -0.39 is 66.5 Å². The molecule has 41 heavy (non-hydrogen) atoms. The molecule has 0 heterocycles. The molecule has 0 spiro atoms. The number of hydrogen-bond acceptors (Lipinski definition) is 13. The highest BCUT2D eigenvalue weighted by Gasteiger charge is 2.40. The van der Waals surface area contributed by atoms with Crippen LogP contribution in [0, 0.1) is 10.8 Å². The Morgan fingerprint density at radius 1 is 0.463 bits per heavy atom. The van der Waals surface area contributed by atoms with Crippen LogP contribution in [0.2, 0.25) is 0 Å². The van der Waals surface area contributed by atoms with Crippen molar-refractivity contribution < 1.29 is 61.9 Å². The maximum Gasteiger partial charge on any atom is 0.330 e. The Morgan fingerprint density at radius 3 is 0.927 bits per heavy atom. The minimum atomic E-state index is -1.44. The van der Waals surface area contributed by atoms with E-state index in [4.69, 9.17) is 33.2 Å². The van der Waals surface area contributed by atoms with Crippen LogP contribution in [0.3, 0.4) is 0 Å². The molecule has 0 N–H and O–H groups in total. The molecule has 13 nitrogen and oxygen atoms in total. The van der Waals surface area contributed by atoms with E-state index in [2.05, 4.69) is 19.7 Å². The molecule has 13 heteroatoms. The van der Waals surface area contributed by atoms with Crippen LogP contribution in [-0.2, 0) is 61.9 Å². The van der Waals surface area contributed by atoms with E-state index in [-0.39, 0.29) is 52.3 Å². The Kier molecular flexibility index (Phi) is 18.0. The number of carbonyl (C=O) groups is 6. The quantitative estimate of drug-likeness (QED) is 0.103. The molecule has 0 radical (unpaired) electrons. The van der Waals surface area contributed by atoms with Crippen molar-refractivity contribution >= 4 is 35.8 Å². The second-order valence-corrected chi connectivity index (χ2v) is 8.97. The standard InChI is InChI=1S/C28H40O13/c1-7-21(29)36-15-27(16-37-22(30)8-2,17-38-23(31)9-3)13-35-14-28(18-39-24(32)10-4,19-40-25(33)11-5)20-41-26(34)12-6/h7-9H,1-3,10-20H2,4-6H3. The number of esters is 6. The van der Waals surface area contributed by atoms with Crippen LogP contribution in [0.4, 0.5) is 0 Å². The van der Waals surface area contributed by atoms with Gasteiger partial charge in [0.15, 0.2) is 0 Å². The van der Waals surface area contributed by atoms with Crippen molar-refractivity contribution in [3.63, 3.8) is 0 Å². The number of carbonyl (C=O) groups excluding carboxylic acids is 6. The van der Waals surface area contributed by atoms with Gasteiger partial charge in [-0.15, -0.1) is 0 Å². The first kappa shape index (κ1) is 37.0. The predicted molar refractivity (Wildman–Crippen MR) is 143 cm³/mol. The molecule has 0 bridgehead atoms. The third-order valence-corrected chi connectivity index (χ3v) is 5.36. The van der Waals surface area contributed by atoms with Crippen molar-refractivity contribution in [1.82, 2.24) is 0 Å². The van der Waals surface area contributed by atoms with Crippen molar-refractivity contribution in [1.29, 1.82) is 0 Å². The van der Waals surface area contributed by atoms with Crippen molar-refractivity contribution in [3.8, 4) is 0 Å². The van der Waals surface area contributed by atoms with Crippen molar-refractivity contribution in [2.24, 2.45) is 10.8 Å². The van der Waals surface area contributed by atoms with Gasteiger partial charge in [-0.1, -0.05) is 40.5 Å². The zero-order valence-corrected chi connectivity index (χ0v) is 23.9. The molecule has 0 aromatic rings. The summed E-state index contributed by atoms with van der Waals surface area (Å²) < 4.78 is 37.4. The summed E-state index contributed by atoms with van der Waals surface area (Å²) in [6.45, 7) is 11.7. The molecule has 0 aliphatic heterocycles. The van der Waals surface area contributed by atoms with Crippen LogP contribution in [0.5, 0.6) is 0 Å². The SMILES string of the molecule is C=CC(=O)OCC(COCC(COC(=O)CC)(COC(=O)CC)COC(=O)CC)(COC(=O)C=C)COC(=O)C=C. The fourth-order valence-electron chi connectivity index (χ4n) is 2.84.